The minimum Gasteiger partial charge on any atom is -0.480 e. The van der Waals surface area contributed by atoms with E-state index in [1.807, 2.05) is 18.7 Å². The molecule has 2 aliphatic rings. The molecule has 2 fully saturated rings. The van der Waals surface area contributed by atoms with Crippen LogP contribution in [-0.4, -0.2) is 195 Å². The highest BCUT2D eigenvalue weighted by Gasteiger charge is 2.39. The van der Waals surface area contributed by atoms with Crippen molar-refractivity contribution in [3.63, 3.8) is 0 Å². The van der Waals surface area contributed by atoms with E-state index in [9.17, 15) is 58.9 Å². The van der Waals surface area contributed by atoms with Crippen molar-refractivity contribution in [3.05, 3.63) is 0 Å². The molecule has 0 aromatic heterocycles. The van der Waals surface area contributed by atoms with Crippen LogP contribution in [0.25, 0.3) is 0 Å². The molecule has 2 heterocycles. The number of carboxylic acids is 3. The molecule has 2 amide bonds. The number of carbonyl (C=O) groups is 7. The lowest BCUT2D eigenvalue weighted by Crippen LogP contribution is -2.53. The quantitative estimate of drug-likeness (QED) is 0.0564. The molecule has 19 heteroatoms. The van der Waals surface area contributed by atoms with Crippen molar-refractivity contribution in [3.8, 4) is 0 Å². The van der Waals surface area contributed by atoms with Gasteiger partial charge < -0.3 is 35.6 Å². The third-order valence-corrected chi connectivity index (χ3v) is 10.6. The lowest BCUT2D eigenvalue weighted by Gasteiger charge is -2.32. The fourth-order valence-corrected chi connectivity index (χ4v) is 7.27. The van der Waals surface area contributed by atoms with Gasteiger partial charge in [0.15, 0.2) is 0 Å². The van der Waals surface area contributed by atoms with Crippen molar-refractivity contribution >= 4 is 48.4 Å². The Morgan fingerprint density at radius 1 is 0.607 bits per heavy atom. The van der Waals surface area contributed by atoms with E-state index in [0.717, 1.165) is 19.3 Å². The van der Waals surface area contributed by atoms with Gasteiger partial charge in [-0.25, -0.2) is 0 Å². The van der Waals surface area contributed by atoms with Crippen molar-refractivity contribution in [2.45, 2.75) is 97.0 Å². The van der Waals surface area contributed by atoms with E-state index in [1.165, 1.54) is 4.90 Å². The van der Waals surface area contributed by atoms with Crippen molar-refractivity contribution in [1.29, 1.82) is 0 Å². The summed E-state index contributed by atoms with van der Waals surface area (Å²) in [4.78, 5) is 94.7. The Kier molecular flexibility index (Phi) is 22.3. The number of hydrogen-bond donors (Lipinski definition) is 6. The summed E-state index contributed by atoms with van der Waals surface area (Å²) in [6.45, 7) is 7.75. The first kappa shape index (κ1) is 48.7. The number of aliphatic carboxylic acids is 3. The van der Waals surface area contributed by atoms with Crippen molar-refractivity contribution < 1.29 is 58.9 Å². The van der Waals surface area contributed by atoms with E-state index >= 15 is 0 Å². The minimum atomic E-state index is -1.65. The van der Waals surface area contributed by atoms with Crippen molar-refractivity contribution in [2.75, 3.05) is 85.1 Å². The summed E-state index contributed by atoms with van der Waals surface area (Å²) in [6.07, 6.45) is 5.56. The first-order valence-electron chi connectivity index (χ1n) is 20.0. The summed E-state index contributed by atoms with van der Waals surface area (Å²) in [5.41, 5.74) is 0. The molecule has 0 saturated carbocycles. The standard InChI is InChI=1S/C37H65BN6O12/c1-27(2)31(36(53)39-28(3)37(54)44-13-9-12-32(44)38(55)56)22-29(45)10-7-5-4-6-8-11-30(46)23-40-14-16-41(24-33(47)48)18-20-43(26-35(51)52)21-19-42(17-15-40)25-34(49)50/h27-28,31-32,55-56H,4-26H2,1-3H3,(H,39,53)(H,47,48)(H,49,50)(H,51,52)/t28-,31+,32+/m1/s1. The molecule has 2 saturated heterocycles. The SMILES string of the molecule is CC(C)[C@H](CC(=O)CCCCCCCC(=O)CN1CCN(CC(=O)O)CCN(CC(=O)O)CCN(CC(=O)O)CC1)C(=O)N[C@H](C)C(=O)N1CCC[C@H]1B(O)O. The van der Waals surface area contributed by atoms with E-state index in [4.69, 9.17) is 0 Å². The summed E-state index contributed by atoms with van der Waals surface area (Å²) in [6, 6.07) is -0.870. The number of carboxylic acid groups (broad SMARTS) is 3. The molecular weight excluding hydrogens is 731 g/mol. The molecule has 0 aromatic rings. The van der Waals surface area contributed by atoms with E-state index in [1.54, 1.807) is 21.6 Å². The maximum Gasteiger partial charge on any atom is 0.475 e. The van der Waals surface area contributed by atoms with Crippen LogP contribution in [0.3, 0.4) is 0 Å². The van der Waals surface area contributed by atoms with Crippen LogP contribution < -0.4 is 5.32 Å². The maximum absolute atomic E-state index is 13.1. The first-order chi connectivity index (χ1) is 26.5. The van der Waals surface area contributed by atoms with Gasteiger partial charge in [0.1, 0.15) is 17.6 Å². The van der Waals surface area contributed by atoms with Crippen LogP contribution in [0.1, 0.15) is 85.0 Å². The number of hydrogen-bond acceptors (Lipinski definition) is 13. The second-order valence-corrected chi connectivity index (χ2v) is 15.6. The van der Waals surface area contributed by atoms with E-state index in [-0.39, 0.29) is 61.9 Å². The number of amides is 2. The zero-order chi connectivity index (χ0) is 41.8. The lowest BCUT2D eigenvalue weighted by molar-refractivity contribution is -0.140. The van der Waals surface area contributed by atoms with Crippen molar-refractivity contribution in [1.82, 2.24) is 29.8 Å². The predicted molar refractivity (Wildman–Crippen MR) is 206 cm³/mol. The highest BCUT2D eigenvalue weighted by molar-refractivity contribution is 6.43. The molecule has 2 rings (SSSR count). The topological polar surface area (TPSA) is 249 Å². The zero-order valence-electron chi connectivity index (χ0n) is 33.5. The van der Waals surface area contributed by atoms with Gasteiger partial charge in [-0.2, -0.15) is 0 Å². The van der Waals surface area contributed by atoms with Gasteiger partial charge in [-0.05, 0) is 38.5 Å². The minimum absolute atomic E-state index is 0.0229. The molecule has 0 bridgehead atoms. The zero-order valence-corrected chi connectivity index (χ0v) is 33.5. The molecule has 318 valence electrons. The van der Waals surface area contributed by atoms with Gasteiger partial charge in [0.05, 0.1) is 32.1 Å². The lowest BCUT2D eigenvalue weighted by atomic mass is 9.78. The average Bonchev–Trinajstić information content (AvgIpc) is 3.60. The van der Waals surface area contributed by atoms with Crippen LogP contribution in [0.2, 0.25) is 0 Å². The Morgan fingerprint density at radius 3 is 1.43 bits per heavy atom. The van der Waals surface area contributed by atoms with Crippen LogP contribution in [0.5, 0.6) is 0 Å². The molecule has 0 radical (unpaired) electrons. The van der Waals surface area contributed by atoms with Crippen LogP contribution in [0.4, 0.5) is 0 Å². The average molecular weight is 797 g/mol. The fourth-order valence-electron chi connectivity index (χ4n) is 7.27. The van der Waals surface area contributed by atoms with Crippen LogP contribution in [0.15, 0.2) is 0 Å². The summed E-state index contributed by atoms with van der Waals surface area (Å²) in [5.74, 6) is -5.28. The largest absolute Gasteiger partial charge is 0.480 e. The Balaban J connectivity index is 1.78. The van der Waals surface area contributed by atoms with E-state index < -0.39 is 42.9 Å². The highest BCUT2D eigenvalue weighted by atomic mass is 16.4. The first-order valence-corrected chi connectivity index (χ1v) is 20.0. The Labute approximate surface area is 330 Å². The van der Waals surface area contributed by atoms with Gasteiger partial charge in [0.2, 0.25) is 11.8 Å². The molecule has 6 N–H and O–H groups in total. The molecule has 3 atom stereocenters. The maximum atomic E-state index is 13.1. The summed E-state index contributed by atoms with van der Waals surface area (Å²) >= 11 is 0. The van der Waals surface area contributed by atoms with Crippen molar-refractivity contribution in [2.24, 2.45) is 11.8 Å². The van der Waals surface area contributed by atoms with E-state index in [0.29, 0.717) is 97.4 Å². The van der Waals surface area contributed by atoms with Gasteiger partial charge in [-0.1, -0.05) is 33.1 Å². The number of nitrogens with one attached hydrogen (secondary N) is 1. The van der Waals surface area contributed by atoms with Gasteiger partial charge >= 0.3 is 25.0 Å². The Bertz CT molecular complexity index is 1270. The van der Waals surface area contributed by atoms with Gasteiger partial charge in [0, 0.05) is 84.1 Å². The number of nitrogens with zero attached hydrogens (tertiary/aromatic N) is 5. The summed E-state index contributed by atoms with van der Waals surface area (Å²) in [5, 5.41) is 50.1. The molecule has 18 nitrogen and oxygen atoms in total. The second-order valence-electron chi connectivity index (χ2n) is 15.6. The molecule has 0 spiro atoms. The molecule has 56 heavy (non-hydrogen) atoms. The smallest absolute Gasteiger partial charge is 0.475 e. The van der Waals surface area contributed by atoms with Crippen LogP contribution in [0, 0.1) is 11.8 Å². The van der Waals surface area contributed by atoms with Crippen LogP contribution >= 0.6 is 0 Å². The molecule has 0 aliphatic carbocycles. The Morgan fingerprint density at radius 2 is 1.02 bits per heavy atom. The third kappa shape index (κ3) is 19.1. The molecule has 0 unspecified atom stereocenters. The van der Waals surface area contributed by atoms with Gasteiger partial charge in [-0.3, -0.25) is 53.2 Å². The highest BCUT2D eigenvalue weighted by Crippen LogP contribution is 2.21. The van der Waals surface area contributed by atoms with Gasteiger partial charge in [-0.15, -0.1) is 0 Å². The number of Topliss-reactive ketones (excluding diaryl/α,β-unsaturated/α-hetero) is 2. The normalized spacial score (nSPS) is 19.5. The monoisotopic (exact) mass is 796 g/mol. The summed E-state index contributed by atoms with van der Waals surface area (Å²) < 4.78 is 0. The number of likely N-dealkylation sites (tertiary alicyclic amines) is 1. The fraction of sp³-hybridized carbons (Fsp3) is 0.811. The van der Waals surface area contributed by atoms with Crippen LogP contribution in [-0.2, 0) is 33.6 Å². The molecular formula is C37H65BN6O12. The van der Waals surface area contributed by atoms with Gasteiger partial charge in [0.25, 0.3) is 0 Å². The van der Waals surface area contributed by atoms with E-state index in [2.05, 4.69) is 5.32 Å². The number of rotatable bonds is 23. The Hall–Kier alpha value is -3.49. The summed E-state index contributed by atoms with van der Waals surface area (Å²) in [7, 11) is -1.65. The molecule has 0 aromatic carbocycles. The molecule has 2 aliphatic heterocycles. The third-order valence-electron chi connectivity index (χ3n) is 10.6. The number of unbranched alkanes of at least 4 members (excludes halogenated alkanes) is 4. The predicted octanol–water partition coefficient (Wildman–Crippen LogP) is -0.499. The second kappa shape index (κ2) is 25.7. The number of carbonyl (C=O) groups excluding carboxylic acids is 4. The number of ketones is 2.